The lowest BCUT2D eigenvalue weighted by Crippen LogP contribution is -2.41. The highest BCUT2D eigenvalue weighted by molar-refractivity contribution is 6.30. The third-order valence-corrected chi connectivity index (χ3v) is 4.27. The monoisotopic (exact) mass is 304 g/mol. The van der Waals surface area contributed by atoms with E-state index in [-0.39, 0.29) is 0 Å². The van der Waals surface area contributed by atoms with Gasteiger partial charge in [-0.15, -0.1) is 0 Å². The highest BCUT2D eigenvalue weighted by atomic mass is 35.5. The Morgan fingerprint density at radius 1 is 1.24 bits per heavy atom. The molecule has 2 heterocycles. The Bertz CT molecular complexity index is 530. The van der Waals surface area contributed by atoms with Crippen molar-refractivity contribution in [3.63, 3.8) is 0 Å². The zero-order valence-corrected chi connectivity index (χ0v) is 12.8. The van der Waals surface area contributed by atoms with E-state index >= 15 is 0 Å². The van der Waals surface area contributed by atoms with Crippen LogP contribution in [-0.2, 0) is 13.1 Å². The smallest absolute Gasteiger partial charge is 0.120 e. The van der Waals surface area contributed by atoms with E-state index in [1.54, 1.807) is 6.20 Å². The van der Waals surface area contributed by atoms with Crippen LogP contribution in [0.25, 0.3) is 0 Å². The van der Waals surface area contributed by atoms with Gasteiger partial charge < -0.3 is 10.3 Å². The average Bonchev–Trinajstić information content (AvgIpc) is 3.02. The standard InChI is InChI=1S/C16H21ClN4/c17-14-3-1-13(2-4-14)12-21-9-5-15(6-10-21)20-11-16-18-7-8-19-16/h1-4,7-8,15,20H,5-6,9-12H2,(H,18,19). The molecule has 0 saturated carbocycles. The number of likely N-dealkylation sites (tertiary alicyclic amines) is 1. The van der Waals surface area contributed by atoms with E-state index in [1.807, 2.05) is 18.3 Å². The van der Waals surface area contributed by atoms with E-state index < -0.39 is 0 Å². The molecule has 21 heavy (non-hydrogen) atoms. The van der Waals surface area contributed by atoms with E-state index in [1.165, 1.54) is 18.4 Å². The van der Waals surface area contributed by atoms with E-state index in [0.717, 1.165) is 37.0 Å². The van der Waals surface area contributed by atoms with E-state index in [9.17, 15) is 0 Å². The summed E-state index contributed by atoms with van der Waals surface area (Å²) >= 11 is 5.92. The van der Waals surface area contributed by atoms with Crippen LogP contribution in [-0.4, -0.2) is 34.0 Å². The van der Waals surface area contributed by atoms with Gasteiger partial charge in [0, 0.05) is 30.0 Å². The van der Waals surface area contributed by atoms with E-state index in [4.69, 9.17) is 11.6 Å². The Morgan fingerprint density at radius 2 is 2.00 bits per heavy atom. The van der Waals surface area contributed by atoms with Crippen LogP contribution in [0.1, 0.15) is 24.2 Å². The highest BCUT2D eigenvalue weighted by Gasteiger charge is 2.18. The predicted octanol–water partition coefficient (Wildman–Crippen LogP) is 2.82. The molecule has 1 aliphatic rings. The number of aromatic amines is 1. The Hall–Kier alpha value is -1.36. The maximum absolute atomic E-state index is 5.92. The maximum Gasteiger partial charge on any atom is 0.120 e. The fourth-order valence-corrected chi connectivity index (χ4v) is 2.90. The van der Waals surface area contributed by atoms with E-state index in [0.29, 0.717) is 6.04 Å². The Kier molecular flexibility index (Phi) is 4.91. The minimum absolute atomic E-state index is 0.594. The van der Waals surface area contributed by atoms with Gasteiger partial charge in [0.25, 0.3) is 0 Å². The van der Waals surface area contributed by atoms with Crippen molar-refractivity contribution in [2.45, 2.75) is 32.0 Å². The molecular formula is C16H21ClN4. The molecule has 0 bridgehead atoms. The summed E-state index contributed by atoms with van der Waals surface area (Å²) in [7, 11) is 0. The van der Waals surface area contributed by atoms with Crippen LogP contribution in [0.15, 0.2) is 36.7 Å². The largest absolute Gasteiger partial charge is 0.348 e. The van der Waals surface area contributed by atoms with Crippen LogP contribution in [0, 0.1) is 0 Å². The summed E-state index contributed by atoms with van der Waals surface area (Å²) in [6.07, 6.45) is 6.04. The van der Waals surface area contributed by atoms with Gasteiger partial charge in [0.05, 0.1) is 6.54 Å². The second-order valence-corrected chi connectivity index (χ2v) is 6.03. The van der Waals surface area contributed by atoms with Gasteiger partial charge in [0.2, 0.25) is 0 Å². The molecule has 5 heteroatoms. The van der Waals surface area contributed by atoms with Crippen molar-refractivity contribution in [2.75, 3.05) is 13.1 Å². The summed E-state index contributed by atoms with van der Waals surface area (Å²) < 4.78 is 0. The molecule has 0 radical (unpaired) electrons. The van der Waals surface area contributed by atoms with Crippen LogP contribution < -0.4 is 5.32 Å². The number of H-pyrrole nitrogens is 1. The number of imidazole rings is 1. The van der Waals surface area contributed by atoms with Crippen molar-refractivity contribution in [1.82, 2.24) is 20.2 Å². The van der Waals surface area contributed by atoms with Gasteiger partial charge in [-0.25, -0.2) is 4.98 Å². The number of hydrogen-bond acceptors (Lipinski definition) is 3. The van der Waals surface area contributed by atoms with Crippen molar-refractivity contribution < 1.29 is 0 Å². The van der Waals surface area contributed by atoms with Gasteiger partial charge in [-0.05, 0) is 43.6 Å². The highest BCUT2D eigenvalue weighted by Crippen LogP contribution is 2.16. The number of hydrogen-bond donors (Lipinski definition) is 2. The average molecular weight is 305 g/mol. The lowest BCUT2D eigenvalue weighted by atomic mass is 10.0. The molecule has 112 valence electrons. The van der Waals surface area contributed by atoms with Gasteiger partial charge in [0.1, 0.15) is 5.82 Å². The summed E-state index contributed by atoms with van der Waals surface area (Å²) in [4.78, 5) is 9.88. The van der Waals surface area contributed by atoms with Crippen LogP contribution in [0.5, 0.6) is 0 Å². The zero-order valence-electron chi connectivity index (χ0n) is 12.1. The quantitative estimate of drug-likeness (QED) is 0.893. The van der Waals surface area contributed by atoms with Crippen LogP contribution in [0.4, 0.5) is 0 Å². The van der Waals surface area contributed by atoms with Gasteiger partial charge in [-0.1, -0.05) is 23.7 Å². The molecule has 1 aromatic heterocycles. The second kappa shape index (κ2) is 7.07. The van der Waals surface area contributed by atoms with Gasteiger partial charge in [0.15, 0.2) is 0 Å². The summed E-state index contributed by atoms with van der Waals surface area (Å²) in [5, 5.41) is 4.38. The van der Waals surface area contributed by atoms with Crippen LogP contribution in [0.2, 0.25) is 5.02 Å². The van der Waals surface area contributed by atoms with Crippen molar-refractivity contribution in [3.05, 3.63) is 53.1 Å². The molecule has 2 N–H and O–H groups in total. The number of aromatic nitrogens is 2. The Labute approximate surface area is 130 Å². The first kappa shape index (κ1) is 14.6. The molecule has 2 aromatic rings. The first-order valence-corrected chi connectivity index (χ1v) is 7.86. The molecular weight excluding hydrogens is 284 g/mol. The number of nitrogens with zero attached hydrogens (tertiary/aromatic N) is 2. The lowest BCUT2D eigenvalue weighted by Gasteiger charge is -2.32. The molecule has 1 aliphatic heterocycles. The van der Waals surface area contributed by atoms with Crippen molar-refractivity contribution in [2.24, 2.45) is 0 Å². The third-order valence-electron chi connectivity index (χ3n) is 4.02. The molecule has 0 aliphatic carbocycles. The number of piperidine rings is 1. The first-order valence-electron chi connectivity index (χ1n) is 7.48. The number of halogens is 1. The number of nitrogens with one attached hydrogen (secondary N) is 2. The Balaban J connectivity index is 1.41. The SMILES string of the molecule is Clc1ccc(CN2CCC(NCc3ncc[nH]3)CC2)cc1. The second-order valence-electron chi connectivity index (χ2n) is 5.59. The Morgan fingerprint density at radius 3 is 2.67 bits per heavy atom. The molecule has 1 fully saturated rings. The minimum Gasteiger partial charge on any atom is -0.348 e. The van der Waals surface area contributed by atoms with Crippen molar-refractivity contribution in [3.8, 4) is 0 Å². The van der Waals surface area contributed by atoms with E-state index in [2.05, 4.69) is 32.3 Å². The van der Waals surface area contributed by atoms with Gasteiger partial charge in [-0.3, -0.25) is 4.90 Å². The lowest BCUT2D eigenvalue weighted by molar-refractivity contribution is 0.189. The first-order chi connectivity index (χ1) is 10.3. The van der Waals surface area contributed by atoms with Crippen LogP contribution >= 0.6 is 11.6 Å². The third kappa shape index (κ3) is 4.30. The summed E-state index contributed by atoms with van der Waals surface area (Å²) in [5.41, 5.74) is 1.33. The fraction of sp³-hybridized carbons (Fsp3) is 0.438. The predicted molar refractivity (Wildman–Crippen MR) is 85.2 cm³/mol. The molecule has 0 atom stereocenters. The maximum atomic E-state index is 5.92. The van der Waals surface area contributed by atoms with Crippen molar-refractivity contribution in [1.29, 1.82) is 0 Å². The normalized spacial score (nSPS) is 17.2. The molecule has 3 rings (SSSR count). The fourth-order valence-electron chi connectivity index (χ4n) is 2.78. The van der Waals surface area contributed by atoms with Gasteiger partial charge >= 0.3 is 0 Å². The zero-order chi connectivity index (χ0) is 14.5. The number of benzene rings is 1. The topological polar surface area (TPSA) is 44.0 Å². The molecule has 0 spiro atoms. The molecule has 1 aromatic carbocycles. The summed E-state index contributed by atoms with van der Waals surface area (Å²) in [6, 6.07) is 8.76. The molecule has 4 nitrogen and oxygen atoms in total. The molecule has 1 saturated heterocycles. The molecule has 0 amide bonds. The number of rotatable bonds is 5. The molecule has 0 unspecified atom stereocenters. The van der Waals surface area contributed by atoms with Crippen LogP contribution in [0.3, 0.4) is 0 Å². The minimum atomic E-state index is 0.594. The summed E-state index contributed by atoms with van der Waals surface area (Å²) in [5.74, 6) is 1.01. The summed E-state index contributed by atoms with van der Waals surface area (Å²) in [6.45, 7) is 4.12. The van der Waals surface area contributed by atoms with Crippen molar-refractivity contribution >= 4 is 11.6 Å². The van der Waals surface area contributed by atoms with Gasteiger partial charge in [-0.2, -0.15) is 0 Å².